The van der Waals surface area contributed by atoms with Crippen LogP contribution in [0.2, 0.25) is 0 Å². The molecule has 0 saturated carbocycles. The van der Waals surface area contributed by atoms with Gasteiger partial charge in [-0.05, 0) is 105 Å². The van der Waals surface area contributed by atoms with Crippen LogP contribution in [0.5, 0.6) is 5.75 Å². The first kappa shape index (κ1) is 31.3. The first-order chi connectivity index (χ1) is 20.3. The Hall–Kier alpha value is -3.62. The third kappa shape index (κ3) is 10.3. The van der Waals surface area contributed by atoms with Crippen LogP contribution < -0.4 is 10.1 Å². The Morgan fingerprint density at radius 1 is 0.786 bits per heavy atom. The maximum atomic E-state index is 12.8. The summed E-state index contributed by atoms with van der Waals surface area (Å²) >= 11 is 3.56. The second-order valence-corrected chi connectivity index (χ2v) is 13.0. The van der Waals surface area contributed by atoms with Crippen LogP contribution in [-0.2, 0) is 20.7 Å². The molecule has 42 heavy (non-hydrogen) atoms. The Bertz CT molecular complexity index is 1380. The number of nitrogens with one attached hydrogen (secondary N) is 1. The first-order valence-corrected chi connectivity index (χ1v) is 16.0. The fourth-order valence-corrected chi connectivity index (χ4v) is 6.12. The molecule has 8 heteroatoms. The molecule has 0 aliphatic carbocycles. The first-order valence-electron chi connectivity index (χ1n) is 14.3. The number of ether oxygens (including phenoxy) is 3. The Kier molecular flexibility index (Phi) is 11.6. The van der Waals surface area contributed by atoms with Crippen LogP contribution in [0, 0.1) is 0 Å². The smallest absolute Gasteiger partial charge is 0.408 e. The Labute approximate surface area is 256 Å². The van der Waals surface area contributed by atoms with Crippen LogP contribution >= 0.6 is 22.7 Å². The molecule has 222 valence electrons. The third-order valence-electron chi connectivity index (χ3n) is 6.32. The van der Waals surface area contributed by atoms with Gasteiger partial charge in [0.15, 0.2) is 0 Å². The number of hydrogen-bond acceptors (Lipinski definition) is 7. The molecule has 0 radical (unpaired) electrons. The van der Waals surface area contributed by atoms with Crippen molar-refractivity contribution in [3.63, 3.8) is 0 Å². The van der Waals surface area contributed by atoms with Gasteiger partial charge in [-0.3, -0.25) is 0 Å². The molecule has 0 bridgehead atoms. The van der Waals surface area contributed by atoms with Crippen molar-refractivity contribution in [2.45, 2.75) is 64.5 Å². The highest BCUT2D eigenvalue weighted by Crippen LogP contribution is 2.36. The van der Waals surface area contributed by atoms with Gasteiger partial charge in [0, 0.05) is 21.1 Å². The predicted octanol–water partition coefficient (Wildman–Crippen LogP) is 8.76. The van der Waals surface area contributed by atoms with E-state index in [4.69, 9.17) is 14.2 Å². The van der Waals surface area contributed by atoms with E-state index in [0.717, 1.165) is 37.0 Å². The van der Waals surface area contributed by atoms with E-state index in [1.807, 2.05) is 42.5 Å². The van der Waals surface area contributed by atoms with Gasteiger partial charge in [-0.1, -0.05) is 36.4 Å². The molecule has 2 aromatic heterocycles. The van der Waals surface area contributed by atoms with E-state index in [2.05, 4.69) is 47.1 Å². The van der Waals surface area contributed by atoms with E-state index in [1.165, 1.54) is 20.2 Å². The minimum absolute atomic E-state index is 0.305. The van der Waals surface area contributed by atoms with E-state index >= 15 is 0 Å². The zero-order valence-corrected chi connectivity index (χ0v) is 26.1. The van der Waals surface area contributed by atoms with Crippen LogP contribution in [0.25, 0.3) is 20.2 Å². The number of carbonyl (C=O) groups is 2. The van der Waals surface area contributed by atoms with Crippen molar-refractivity contribution in [3.05, 3.63) is 89.8 Å². The molecule has 1 unspecified atom stereocenters. The van der Waals surface area contributed by atoms with Crippen LogP contribution in [0.1, 0.15) is 52.0 Å². The lowest BCUT2D eigenvalue weighted by Gasteiger charge is -2.23. The van der Waals surface area contributed by atoms with E-state index < -0.39 is 23.7 Å². The highest BCUT2D eigenvalue weighted by atomic mass is 32.1. The molecular formula is C34H39NO5S2. The van der Waals surface area contributed by atoms with Gasteiger partial charge in [-0.15, -0.1) is 22.7 Å². The zero-order valence-electron chi connectivity index (χ0n) is 24.5. The lowest BCUT2D eigenvalue weighted by molar-refractivity contribution is -0.146. The number of alkyl carbamates (subject to hydrolysis) is 1. The van der Waals surface area contributed by atoms with Crippen LogP contribution in [0.15, 0.2) is 84.2 Å². The summed E-state index contributed by atoms with van der Waals surface area (Å²) in [6.45, 7) is 6.29. The minimum atomic E-state index is -0.815. The topological polar surface area (TPSA) is 73.9 Å². The van der Waals surface area contributed by atoms with Crippen molar-refractivity contribution >= 4 is 34.7 Å². The maximum Gasteiger partial charge on any atom is 0.408 e. The summed E-state index contributed by atoms with van der Waals surface area (Å²) in [5, 5.41) is 4.78. The molecule has 1 N–H and O–H groups in total. The van der Waals surface area contributed by atoms with Gasteiger partial charge < -0.3 is 19.5 Å². The zero-order chi connectivity index (χ0) is 29.8. The molecule has 2 heterocycles. The normalized spacial score (nSPS) is 12.0. The van der Waals surface area contributed by atoms with Crippen LogP contribution in [-0.4, -0.2) is 36.9 Å². The van der Waals surface area contributed by atoms with Crippen molar-refractivity contribution < 1.29 is 23.8 Å². The van der Waals surface area contributed by atoms with Crippen molar-refractivity contribution in [2.75, 3.05) is 13.2 Å². The Morgan fingerprint density at radius 2 is 1.50 bits per heavy atom. The molecule has 0 saturated heterocycles. The van der Waals surface area contributed by atoms with Crippen LogP contribution in [0.4, 0.5) is 4.79 Å². The summed E-state index contributed by atoms with van der Waals surface area (Å²) in [5.41, 5.74) is 1.47. The number of amides is 1. The predicted molar refractivity (Wildman–Crippen MR) is 171 cm³/mol. The molecule has 4 aromatic rings. The number of thiophene rings is 2. The average Bonchev–Trinajstić information content (AvgIpc) is 3.67. The van der Waals surface area contributed by atoms with E-state index in [-0.39, 0.29) is 0 Å². The molecule has 4 rings (SSSR count). The lowest BCUT2D eigenvalue weighted by atomic mass is 10.1. The summed E-state index contributed by atoms with van der Waals surface area (Å²) in [6.07, 6.45) is 3.26. The fraction of sp³-hybridized carbons (Fsp3) is 0.353. The Morgan fingerprint density at radius 3 is 2.19 bits per heavy atom. The highest BCUT2D eigenvalue weighted by Gasteiger charge is 2.25. The van der Waals surface area contributed by atoms with Gasteiger partial charge in [0.1, 0.15) is 17.4 Å². The second-order valence-electron chi connectivity index (χ2n) is 11.0. The molecule has 0 aliphatic rings. The fourth-order valence-electron chi connectivity index (χ4n) is 4.27. The number of rotatable bonds is 14. The summed E-state index contributed by atoms with van der Waals surface area (Å²) in [6, 6.07) is 25.6. The molecule has 2 aromatic carbocycles. The second kappa shape index (κ2) is 15.6. The average molecular weight is 606 g/mol. The van der Waals surface area contributed by atoms with Crippen LogP contribution in [0.3, 0.4) is 0 Å². The van der Waals surface area contributed by atoms with Gasteiger partial charge in [-0.25, -0.2) is 9.59 Å². The van der Waals surface area contributed by atoms with Gasteiger partial charge in [0.05, 0.1) is 13.2 Å². The van der Waals surface area contributed by atoms with E-state index in [1.54, 1.807) is 43.4 Å². The van der Waals surface area contributed by atoms with Crippen molar-refractivity contribution in [2.24, 2.45) is 0 Å². The summed E-state index contributed by atoms with van der Waals surface area (Å²) in [7, 11) is 0. The van der Waals surface area contributed by atoms with Gasteiger partial charge in [0.25, 0.3) is 0 Å². The quantitative estimate of drug-likeness (QED) is 0.115. The molecule has 0 fully saturated rings. The van der Waals surface area contributed by atoms with E-state index in [9.17, 15) is 9.59 Å². The summed E-state index contributed by atoms with van der Waals surface area (Å²) in [4.78, 5) is 28.9. The molecule has 6 nitrogen and oxygen atoms in total. The molecule has 1 atom stereocenters. The number of benzene rings is 2. The minimum Gasteiger partial charge on any atom is -0.494 e. The van der Waals surface area contributed by atoms with Gasteiger partial charge >= 0.3 is 12.1 Å². The molecule has 0 spiro atoms. The molecular weight excluding hydrogens is 567 g/mol. The Balaban J connectivity index is 1.13. The summed E-state index contributed by atoms with van der Waals surface area (Å²) < 4.78 is 16.8. The largest absolute Gasteiger partial charge is 0.494 e. The standard InChI is InChI=1S/C34H39NO5S2/c1-34(2,3)40-33(37)35-28(24-25-12-7-6-8-13-25)32(36)39-22-10-5-4-9-21-38-27-17-15-26(16-18-27)29-19-20-31(42-29)30-14-11-23-41-30/h6-8,11-20,23,28H,4-5,9-10,21-22,24H2,1-3H3,(H,35,37). The third-order valence-corrected chi connectivity index (χ3v) is 8.52. The van der Waals surface area contributed by atoms with E-state index in [0.29, 0.717) is 19.6 Å². The van der Waals surface area contributed by atoms with Crippen molar-refractivity contribution in [3.8, 4) is 25.9 Å². The van der Waals surface area contributed by atoms with Crippen molar-refractivity contribution in [1.82, 2.24) is 5.32 Å². The number of esters is 1. The maximum absolute atomic E-state index is 12.8. The van der Waals surface area contributed by atoms with Gasteiger partial charge in [0.2, 0.25) is 0 Å². The SMILES string of the molecule is CC(C)(C)OC(=O)NC(Cc1ccccc1)C(=O)OCCCCCCOc1ccc(-c2ccc(-c3cccs3)s2)cc1. The van der Waals surface area contributed by atoms with Gasteiger partial charge in [-0.2, -0.15) is 0 Å². The lowest BCUT2D eigenvalue weighted by Crippen LogP contribution is -2.45. The molecule has 1 amide bonds. The molecule has 0 aliphatic heterocycles. The number of unbranched alkanes of at least 4 members (excludes halogenated alkanes) is 3. The highest BCUT2D eigenvalue weighted by molar-refractivity contribution is 7.23. The summed E-state index contributed by atoms with van der Waals surface area (Å²) in [5.74, 6) is 0.409. The number of carbonyl (C=O) groups excluding carboxylic acids is 2. The monoisotopic (exact) mass is 605 g/mol. The number of hydrogen-bond donors (Lipinski definition) is 1. The van der Waals surface area contributed by atoms with Crippen molar-refractivity contribution in [1.29, 1.82) is 0 Å².